The van der Waals surface area contributed by atoms with E-state index in [1.807, 2.05) is 6.92 Å². The predicted molar refractivity (Wildman–Crippen MR) is 54.3 cm³/mol. The van der Waals surface area contributed by atoms with Gasteiger partial charge in [0.2, 0.25) is 0 Å². The molecule has 1 aliphatic rings. The largest absolute Gasteiger partial charge is 0.395 e. The van der Waals surface area contributed by atoms with E-state index in [1.165, 1.54) is 12.8 Å². The van der Waals surface area contributed by atoms with Crippen molar-refractivity contribution in [2.45, 2.75) is 31.8 Å². The summed E-state index contributed by atoms with van der Waals surface area (Å²) in [5.41, 5.74) is 0. The minimum Gasteiger partial charge on any atom is -0.395 e. The number of nitrogens with one attached hydrogen (secondary N) is 1. The molecule has 0 heterocycles. The average molecular weight is 203 g/mol. The van der Waals surface area contributed by atoms with E-state index in [2.05, 4.69) is 5.32 Å². The Morgan fingerprint density at radius 1 is 1.36 bits per heavy atom. The van der Waals surface area contributed by atoms with E-state index in [-0.39, 0.29) is 12.6 Å². The van der Waals surface area contributed by atoms with Crippen LogP contribution in [0.4, 0.5) is 0 Å². The third kappa shape index (κ3) is 5.54. The molecule has 1 saturated carbocycles. The molecule has 0 spiro atoms. The van der Waals surface area contributed by atoms with Gasteiger partial charge in [-0.3, -0.25) is 0 Å². The van der Waals surface area contributed by atoms with Crippen molar-refractivity contribution < 1.29 is 14.6 Å². The summed E-state index contributed by atoms with van der Waals surface area (Å²) in [4.78, 5) is 0. The van der Waals surface area contributed by atoms with Gasteiger partial charge in [0, 0.05) is 12.6 Å². The van der Waals surface area contributed by atoms with Gasteiger partial charge in [0.15, 0.2) is 0 Å². The highest BCUT2D eigenvalue weighted by Crippen LogP contribution is 2.19. The second-order valence-corrected chi connectivity index (χ2v) is 3.59. The molecular weight excluding hydrogens is 182 g/mol. The normalized spacial score (nSPS) is 18.4. The van der Waals surface area contributed by atoms with Gasteiger partial charge in [-0.15, -0.1) is 0 Å². The molecule has 0 aromatic rings. The van der Waals surface area contributed by atoms with Crippen LogP contribution < -0.4 is 5.32 Å². The minimum absolute atomic E-state index is 0.0872. The van der Waals surface area contributed by atoms with Crippen LogP contribution in [0, 0.1) is 0 Å². The van der Waals surface area contributed by atoms with Gasteiger partial charge in [-0.2, -0.15) is 0 Å². The van der Waals surface area contributed by atoms with E-state index in [0.717, 1.165) is 6.61 Å². The van der Waals surface area contributed by atoms with Crippen LogP contribution in [-0.2, 0) is 9.47 Å². The third-order valence-corrected chi connectivity index (χ3v) is 2.16. The SMILES string of the molecule is CCOCCOCC(CO)NC1CC1. The maximum Gasteiger partial charge on any atom is 0.0701 e. The number of ether oxygens (including phenoxy) is 2. The summed E-state index contributed by atoms with van der Waals surface area (Å²) in [6, 6.07) is 0.701. The zero-order valence-corrected chi connectivity index (χ0v) is 8.87. The number of aliphatic hydroxyl groups excluding tert-OH is 1. The van der Waals surface area contributed by atoms with E-state index in [1.54, 1.807) is 0 Å². The van der Waals surface area contributed by atoms with E-state index in [9.17, 15) is 0 Å². The zero-order valence-electron chi connectivity index (χ0n) is 8.87. The van der Waals surface area contributed by atoms with Crippen molar-refractivity contribution in [2.75, 3.05) is 33.0 Å². The Bertz CT molecular complexity index is 139. The molecule has 1 aliphatic carbocycles. The third-order valence-electron chi connectivity index (χ3n) is 2.16. The predicted octanol–water partition coefficient (Wildman–Crippen LogP) is 0.152. The molecule has 84 valence electrons. The molecule has 0 aromatic heterocycles. The maximum absolute atomic E-state index is 9.03. The number of hydrogen-bond donors (Lipinski definition) is 2. The first-order chi connectivity index (χ1) is 6.86. The summed E-state index contributed by atoms with van der Waals surface area (Å²) in [5, 5.41) is 12.3. The van der Waals surface area contributed by atoms with Crippen LogP contribution in [0.15, 0.2) is 0 Å². The average Bonchev–Trinajstić information content (AvgIpc) is 2.99. The highest BCUT2D eigenvalue weighted by atomic mass is 16.5. The lowest BCUT2D eigenvalue weighted by Crippen LogP contribution is -2.38. The fourth-order valence-electron chi connectivity index (χ4n) is 1.22. The number of aliphatic hydroxyl groups is 1. The van der Waals surface area contributed by atoms with E-state index in [4.69, 9.17) is 14.6 Å². The van der Waals surface area contributed by atoms with E-state index >= 15 is 0 Å². The van der Waals surface area contributed by atoms with Crippen molar-refractivity contribution in [1.29, 1.82) is 0 Å². The van der Waals surface area contributed by atoms with Crippen LogP contribution in [0.2, 0.25) is 0 Å². The smallest absolute Gasteiger partial charge is 0.0701 e. The molecule has 0 aliphatic heterocycles. The Hall–Kier alpha value is -0.160. The molecule has 2 N–H and O–H groups in total. The van der Waals surface area contributed by atoms with Crippen LogP contribution in [0.25, 0.3) is 0 Å². The molecule has 14 heavy (non-hydrogen) atoms. The highest BCUT2D eigenvalue weighted by Gasteiger charge is 2.24. The quantitative estimate of drug-likeness (QED) is 0.524. The number of rotatable bonds is 9. The maximum atomic E-state index is 9.03. The molecule has 0 saturated heterocycles. The summed E-state index contributed by atoms with van der Waals surface area (Å²) < 4.78 is 10.5. The van der Waals surface area contributed by atoms with Crippen molar-refractivity contribution in [3.05, 3.63) is 0 Å². The van der Waals surface area contributed by atoms with Crippen molar-refractivity contribution in [2.24, 2.45) is 0 Å². The Morgan fingerprint density at radius 2 is 2.07 bits per heavy atom. The second-order valence-electron chi connectivity index (χ2n) is 3.59. The summed E-state index contributed by atoms with van der Waals surface area (Å²) in [7, 11) is 0. The van der Waals surface area contributed by atoms with Gasteiger partial charge in [0.05, 0.1) is 32.5 Å². The summed E-state index contributed by atoms with van der Waals surface area (Å²) in [6.45, 7) is 4.65. The molecule has 4 heteroatoms. The molecule has 0 bridgehead atoms. The molecule has 1 fully saturated rings. The molecular formula is C10H21NO3. The van der Waals surface area contributed by atoms with Crippen LogP contribution in [0.5, 0.6) is 0 Å². The van der Waals surface area contributed by atoms with Gasteiger partial charge in [0.25, 0.3) is 0 Å². The van der Waals surface area contributed by atoms with Crippen molar-refractivity contribution >= 4 is 0 Å². The summed E-state index contributed by atoms with van der Waals surface area (Å²) in [6.07, 6.45) is 2.46. The molecule has 0 aromatic carbocycles. The fraction of sp³-hybridized carbons (Fsp3) is 1.00. The van der Waals surface area contributed by atoms with Gasteiger partial charge in [0.1, 0.15) is 0 Å². The summed E-state index contributed by atoms with van der Waals surface area (Å²) >= 11 is 0. The highest BCUT2D eigenvalue weighted by molar-refractivity contribution is 4.84. The lowest BCUT2D eigenvalue weighted by Gasteiger charge is -2.15. The van der Waals surface area contributed by atoms with Crippen molar-refractivity contribution in [3.63, 3.8) is 0 Å². The monoisotopic (exact) mass is 203 g/mol. The van der Waals surface area contributed by atoms with Crippen molar-refractivity contribution in [3.8, 4) is 0 Å². The minimum atomic E-state index is 0.0872. The molecule has 4 nitrogen and oxygen atoms in total. The Balaban J connectivity index is 1.90. The fourth-order valence-corrected chi connectivity index (χ4v) is 1.22. The van der Waals surface area contributed by atoms with Crippen molar-refractivity contribution in [1.82, 2.24) is 5.32 Å². The Morgan fingerprint density at radius 3 is 2.64 bits per heavy atom. The van der Waals surface area contributed by atoms with Crippen LogP contribution in [0.3, 0.4) is 0 Å². The molecule has 0 amide bonds. The lowest BCUT2D eigenvalue weighted by atomic mass is 10.3. The first-order valence-electron chi connectivity index (χ1n) is 5.39. The van der Waals surface area contributed by atoms with E-state index in [0.29, 0.717) is 25.9 Å². The Kier molecular flexibility index (Phi) is 6.10. The van der Waals surface area contributed by atoms with E-state index < -0.39 is 0 Å². The van der Waals surface area contributed by atoms with Gasteiger partial charge in [-0.25, -0.2) is 0 Å². The lowest BCUT2D eigenvalue weighted by molar-refractivity contribution is 0.0352. The van der Waals surface area contributed by atoms with Crippen LogP contribution >= 0.6 is 0 Å². The molecule has 1 atom stereocenters. The summed E-state index contributed by atoms with van der Waals surface area (Å²) in [5.74, 6) is 0. The first-order valence-corrected chi connectivity index (χ1v) is 5.39. The Labute approximate surface area is 85.6 Å². The molecule has 1 unspecified atom stereocenters. The molecule has 0 radical (unpaired) electrons. The molecule has 1 rings (SSSR count). The van der Waals surface area contributed by atoms with Gasteiger partial charge < -0.3 is 19.9 Å². The zero-order chi connectivity index (χ0) is 10.2. The van der Waals surface area contributed by atoms with Crippen LogP contribution in [0.1, 0.15) is 19.8 Å². The van der Waals surface area contributed by atoms with Gasteiger partial charge in [-0.05, 0) is 19.8 Å². The topological polar surface area (TPSA) is 50.7 Å². The van der Waals surface area contributed by atoms with Crippen LogP contribution in [-0.4, -0.2) is 50.2 Å². The second kappa shape index (κ2) is 7.17. The van der Waals surface area contributed by atoms with Gasteiger partial charge in [-0.1, -0.05) is 0 Å². The first kappa shape index (κ1) is 11.9. The number of hydrogen-bond acceptors (Lipinski definition) is 4. The van der Waals surface area contributed by atoms with Gasteiger partial charge >= 0.3 is 0 Å². The standard InChI is InChI=1S/C10H21NO3/c1-2-13-5-6-14-8-10(7-12)11-9-3-4-9/h9-12H,2-8H2,1H3.